The van der Waals surface area contributed by atoms with Crippen molar-refractivity contribution in [2.75, 3.05) is 21.1 Å². The number of alkyl halides is 2. The molecule has 0 aromatic carbocycles. The van der Waals surface area contributed by atoms with Crippen molar-refractivity contribution in [3.63, 3.8) is 0 Å². The van der Waals surface area contributed by atoms with E-state index in [1.165, 1.54) is 0 Å². The third-order valence-corrected chi connectivity index (χ3v) is 1.37. The number of nitrogens with zero attached hydrogens (tertiary/aromatic N) is 2. The summed E-state index contributed by atoms with van der Waals surface area (Å²) in [4.78, 5) is 5.73. The molecule has 0 aliphatic carbocycles. The predicted molar refractivity (Wildman–Crippen MR) is 47.2 cm³/mol. The van der Waals surface area contributed by atoms with Gasteiger partial charge in [0.15, 0.2) is 4.33 Å². The molecule has 60 valence electrons. The number of aliphatic imine (C=N–C) groups is 1. The number of halogens is 2. The van der Waals surface area contributed by atoms with Crippen molar-refractivity contribution in [3.05, 3.63) is 0 Å². The molecule has 10 heavy (non-hydrogen) atoms. The Bertz CT molecular complexity index is 135. The Labute approximate surface area is 71.8 Å². The fourth-order valence-electron chi connectivity index (χ4n) is 0.789. The van der Waals surface area contributed by atoms with Gasteiger partial charge in [-0.25, -0.2) is 0 Å². The second kappa shape index (κ2) is 3.44. The zero-order chi connectivity index (χ0) is 8.36. The van der Waals surface area contributed by atoms with Gasteiger partial charge in [0.1, 0.15) is 5.84 Å². The van der Waals surface area contributed by atoms with Gasteiger partial charge in [-0.05, 0) is 6.92 Å². The van der Waals surface area contributed by atoms with Gasteiger partial charge in [0.05, 0.1) is 0 Å². The van der Waals surface area contributed by atoms with Crippen molar-refractivity contribution in [1.82, 2.24) is 4.90 Å². The van der Waals surface area contributed by atoms with Crippen LogP contribution < -0.4 is 0 Å². The molecule has 0 aromatic rings. The first-order valence-corrected chi connectivity index (χ1v) is 3.67. The van der Waals surface area contributed by atoms with E-state index in [0.29, 0.717) is 5.84 Å². The van der Waals surface area contributed by atoms with Gasteiger partial charge in [0, 0.05) is 21.1 Å². The smallest absolute Gasteiger partial charge is 0.171 e. The molecule has 0 fully saturated rings. The van der Waals surface area contributed by atoms with Gasteiger partial charge in [-0.2, -0.15) is 0 Å². The maximum absolute atomic E-state index is 5.79. The van der Waals surface area contributed by atoms with Crippen LogP contribution in [-0.4, -0.2) is 36.2 Å². The van der Waals surface area contributed by atoms with Crippen LogP contribution in [0, 0.1) is 0 Å². The Hall–Kier alpha value is 0.0500. The molecule has 0 atom stereocenters. The number of hydrogen-bond donors (Lipinski definition) is 0. The lowest BCUT2D eigenvalue weighted by molar-refractivity contribution is 0.601. The third-order valence-electron chi connectivity index (χ3n) is 1.03. The van der Waals surface area contributed by atoms with E-state index < -0.39 is 4.33 Å². The molecule has 0 N–H and O–H groups in total. The molecular weight excluding hydrogens is 171 g/mol. The van der Waals surface area contributed by atoms with E-state index in [2.05, 4.69) is 4.99 Å². The summed E-state index contributed by atoms with van der Waals surface area (Å²) >= 11 is 11.6. The minimum Gasteiger partial charge on any atom is -0.364 e. The maximum atomic E-state index is 5.79. The average molecular weight is 183 g/mol. The first kappa shape index (κ1) is 10.0. The van der Waals surface area contributed by atoms with E-state index >= 15 is 0 Å². The molecule has 4 heteroatoms. The highest BCUT2D eigenvalue weighted by Gasteiger charge is 2.25. The van der Waals surface area contributed by atoms with Crippen molar-refractivity contribution < 1.29 is 0 Å². The monoisotopic (exact) mass is 182 g/mol. The minimum absolute atomic E-state index is 0.663. The van der Waals surface area contributed by atoms with Crippen LogP contribution in [0.4, 0.5) is 0 Å². The van der Waals surface area contributed by atoms with Crippen LogP contribution in [0.1, 0.15) is 6.92 Å². The van der Waals surface area contributed by atoms with E-state index in [-0.39, 0.29) is 0 Å². The summed E-state index contributed by atoms with van der Waals surface area (Å²) in [5, 5.41) is 0. The standard InChI is InChI=1S/C6H12Cl2N2/c1-6(7,8)5(9-2)10(3)4/h1-4H3. The van der Waals surface area contributed by atoms with E-state index in [0.717, 1.165) is 0 Å². The zero-order valence-electron chi connectivity index (χ0n) is 6.65. The molecule has 0 unspecified atom stereocenters. The van der Waals surface area contributed by atoms with E-state index in [1.807, 2.05) is 14.1 Å². The third kappa shape index (κ3) is 2.76. The number of hydrogen-bond acceptors (Lipinski definition) is 1. The van der Waals surface area contributed by atoms with Crippen molar-refractivity contribution >= 4 is 29.0 Å². The van der Waals surface area contributed by atoms with E-state index in [4.69, 9.17) is 23.2 Å². The first-order chi connectivity index (χ1) is 4.39. The van der Waals surface area contributed by atoms with Crippen molar-refractivity contribution in [3.8, 4) is 0 Å². The Kier molecular flexibility index (Phi) is 3.46. The van der Waals surface area contributed by atoms with E-state index in [1.54, 1.807) is 18.9 Å². The van der Waals surface area contributed by atoms with Gasteiger partial charge >= 0.3 is 0 Å². The van der Waals surface area contributed by atoms with Crippen LogP contribution >= 0.6 is 23.2 Å². The largest absolute Gasteiger partial charge is 0.364 e. The summed E-state index contributed by atoms with van der Waals surface area (Å²) < 4.78 is -0.891. The van der Waals surface area contributed by atoms with Crippen LogP contribution in [0.15, 0.2) is 4.99 Å². The normalized spacial score (nSPS) is 13.6. The second-order valence-corrected chi connectivity index (χ2v) is 4.04. The molecule has 0 bridgehead atoms. The second-order valence-electron chi connectivity index (χ2n) is 2.33. The lowest BCUT2D eigenvalue weighted by atomic mass is 10.4. The van der Waals surface area contributed by atoms with E-state index in [9.17, 15) is 0 Å². The highest BCUT2D eigenvalue weighted by molar-refractivity contribution is 6.58. The van der Waals surface area contributed by atoms with Crippen molar-refractivity contribution in [1.29, 1.82) is 0 Å². The number of rotatable bonds is 1. The summed E-state index contributed by atoms with van der Waals surface area (Å²) in [6.45, 7) is 1.69. The molecule has 0 rings (SSSR count). The number of amidine groups is 1. The van der Waals surface area contributed by atoms with Gasteiger partial charge in [0.2, 0.25) is 0 Å². The lowest BCUT2D eigenvalue weighted by Crippen LogP contribution is -2.35. The Balaban J connectivity index is 4.40. The van der Waals surface area contributed by atoms with Gasteiger partial charge < -0.3 is 4.90 Å². The molecule has 0 aliphatic heterocycles. The first-order valence-electron chi connectivity index (χ1n) is 2.92. The predicted octanol–water partition coefficient (Wildman–Crippen LogP) is 1.77. The highest BCUT2D eigenvalue weighted by Crippen LogP contribution is 2.22. The van der Waals surface area contributed by atoms with Gasteiger partial charge in [-0.15, -0.1) is 0 Å². The lowest BCUT2D eigenvalue weighted by Gasteiger charge is -2.22. The van der Waals surface area contributed by atoms with Gasteiger partial charge in [-0.3, -0.25) is 4.99 Å². The Morgan fingerprint density at radius 2 is 1.80 bits per heavy atom. The Morgan fingerprint density at radius 3 is 1.80 bits per heavy atom. The topological polar surface area (TPSA) is 15.6 Å². The molecule has 0 spiro atoms. The van der Waals surface area contributed by atoms with Gasteiger partial charge in [-0.1, -0.05) is 23.2 Å². The highest BCUT2D eigenvalue weighted by atomic mass is 35.5. The van der Waals surface area contributed by atoms with Crippen LogP contribution in [0.3, 0.4) is 0 Å². The fourth-order valence-corrected chi connectivity index (χ4v) is 1.30. The molecule has 0 amide bonds. The summed E-state index contributed by atoms with van der Waals surface area (Å²) in [5.41, 5.74) is 0. The molecule has 0 radical (unpaired) electrons. The summed E-state index contributed by atoms with van der Waals surface area (Å²) in [6.07, 6.45) is 0. The summed E-state index contributed by atoms with van der Waals surface area (Å²) in [5.74, 6) is 0.663. The summed E-state index contributed by atoms with van der Waals surface area (Å²) in [7, 11) is 5.37. The average Bonchev–Trinajstić information content (AvgIpc) is 1.60. The van der Waals surface area contributed by atoms with Gasteiger partial charge in [0.25, 0.3) is 0 Å². The fraction of sp³-hybridized carbons (Fsp3) is 0.833. The maximum Gasteiger partial charge on any atom is 0.171 e. The molecule has 0 heterocycles. The van der Waals surface area contributed by atoms with Crippen LogP contribution in [0.5, 0.6) is 0 Å². The minimum atomic E-state index is -0.891. The molecule has 0 aliphatic rings. The van der Waals surface area contributed by atoms with Crippen molar-refractivity contribution in [2.24, 2.45) is 4.99 Å². The molecule has 0 saturated carbocycles. The SMILES string of the molecule is CN=C(N(C)C)C(C)(Cl)Cl. The molecule has 0 aromatic heterocycles. The van der Waals surface area contributed by atoms with Crippen molar-refractivity contribution in [2.45, 2.75) is 11.3 Å². The molecule has 0 saturated heterocycles. The van der Waals surface area contributed by atoms with Crippen LogP contribution in [0.2, 0.25) is 0 Å². The quantitative estimate of drug-likeness (QED) is 0.343. The van der Waals surface area contributed by atoms with Crippen LogP contribution in [-0.2, 0) is 0 Å². The molecular formula is C6H12Cl2N2. The van der Waals surface area contributed by atoms with Crippen LogP contribution in [0.25, 0.3) is 0 Å². The molecule has 2 nitrogen and oxygen atoms in total. The summed E-state index contributed by atoms with van der Waals surface area (Å²) in [6, 6.07) is 0. The zero-order valence-corrected chi connectivity index (χ0v) is 8.16. The Morgan fingerprint density at radius 1 is 1.40 bits per heavy atom.